The molecule has 1 aromatic heterocycles. The fourth-order valence-electron chi connectivity index (χ4n) is 1.63. The number of thiazole rings is 1. The molecule has 0 bridgehead atoms. The molecule has 0 saturated heterocycles. The van der Waals surface area contributed by atoms with Gasteiger partial charge in [0, 0.05) is 17.0 Å². The van der Waals surface area contributed by atoms with E-state index < -0.39 is 0 Å². The Morgan fingerprint density at radius 3 is 2.89 bits per heavy atom. The minimum atomic E-state index is -0.306. The Kier molecular flexibility index (Phi) is 3.93. The van der Waals surface area contributed by atoms with Gasteiger partial charge in [-0.2, -0.15) is 0 Å². The smallest absolute Gasteiger partial charge is 0.131 e. The van der Waals surface area contributed by atoms with Crippen LogP contribution in [0, 0.1) is 12.7 Å². The van der Waals surface area contributed by atoms with Crippen molar-refractivity contribution in [2.24, 2.45) is 5.73 Å². The first kappa shape index (κ1) is 13.0. The summed E-state index contributed by atoms with van der Waals surface area (Å²) >= 11 is 1.58. The molecule has 0 amide bonds. The molecule has 3 nitrogen and oxygen atoms in total. The van der Waals surface area contributed by atoms with Crippen molar-refractivity contribution < 1.29 is 9.13 Å². The largest absolute Gasteiger partial charge is 0.487 e. The van der Waals surface area contributed by atoms with E-state index in [1.54, 1.807) is 24.3 Å². The van der Waals surface area contributed by atoms with Crippen LogP contribution in [-0.2, 0) is 6.61 Å². The summed E-state index contributed by atoms with van der Waals surface area (Å²) in [4.78, 5) is 4.31. The Bertz CT molecular complexity index is 540. The predicted octanol–water partition coefficient (Wildman–Crippen LogP) is 3.19. The van der Waals surface area contributed by atoms with E-state index in [0.717, 1.165) is 10.7 Å². The lowest BCUT2D eigenvalue weighted by Crippen LogP contribution is -2.08. The predicted molar refractivity (Wildman–Crippen MR) is 70.2 cm³/mol. The van der Waals surface area contributed by atoms with Gasteiger partial charge in [-0.3, -0.25) is 0 Å². The number of nitrogens with two attached hydrogens (primary N) is 1. The highest BCUT2D eigenvalue weighted by atomic mass is 32.1. The number of rotatable bonds is 4. The standard InChI is InChI=1S/C13H15FN2OS/c1-8(15)12-5-10(14)3-4-13(12)17-6-11-7-18-9(2)16-11/h3-5,7-8H,6,15H2,1-2H3. The second-order valence-electron chi connectivity index (χ2n) is 4.12. The normalized spacial score (nSPS) is 12.4. The van der Waals surface area contributed by atoms with Crippen molar-refractivity contribution >= 4 is 11.3 Å². The third kappa shape index (κ3) is 3.05. The van der Waals surface area contributed by atoms with Crippen LogP contribution in [0.1, 0.15) is 29.2 Å². The molecule has 1 aromatic carbocycles. The van der Waals surface area contributed by atoms with E-state index in [4.69, 9.17) is 10.5 Å². The molecule has 2 rings (SSSR count). The Morgan fingerprint density at radius 1 is 1.50 bits per heavy atom. The van der Waals surface area contributed by atoms with Crippen molar-refractivity contribution in [3.05, 3.63) is 45.7 Å². The number of ether oxygens (including phenoxy) is 1. The topological polar surface area (TPSA) is 48.1 Å². The average Bonchev–Trinajstić information content (AvgIpc) is 2.73. The van der Waals surface area contributed by atoms with E-state index in [0.29, 0.717) is 17.9 Å². The second-order valence-corrected chi connectivity index (χ2v) is 5.18. The quantitative estimate of drug-likeness (QED) is 0.924. The first-order chi connectivity index (χ1) is 8.56. The highest BCUT2D eigenvalue weighted by molar-refractivity contribution is 7.09. The number of aryl methyl sites for hydroxylation is 1. The molecule has 2 aromatic rings. The number of aromatic nitrogens is 1. The van der Waals surface area contributed by atoms with Crippen LogP contribution in [0.15, 0.2) is 23.6 Å². The fraction of sp³-hybridized carbons (Fsp3) is 0.308. The van der Waals surface area contributed by atoms with Crippen LogP contribution < -0.4 is 10.5 Å². The summed E-state index contributed by atoms with van der Waals surface area (Å²) in [6.45, 7) is 4.11. The molecule has 5 heteroatoms. The molecule has 1 unspecified atom stereocenters. The van der Waals surface area contributed by atoms with E-state index in [1.165, 1.54) is 12.1 Å². The van der Waals surface area contributed by atoms with Gasteiger partial charge in [-0.1, -0.05) is 0 Å². The van der Waals surface area contributed by atoms with Gasteiger partial charge in [-0.25, -0.2) is 9.37 Å². The molecule has 0 radical (unpaired) electrons. The number of halogens is 1. The molecule has 0 aliphatic rings. The van der Waals surface area contributed by atoms with Gasteiger partial charge in [0.15, 0.2) is 0 Å². The maximum absolute atomic E-state index is 13.2. The maximum atomic E-state index is 13.2. The molecule has 2 N–H and O–H groups in total. The summed E-state index contributed by atoms with van der Waals surface area (Å²) in [7, 11) is 0. The van der Waals surface area contributed by atoms with E-state index in [9.17, 15) is 4.39 Å². The van der Waals surface area contributed by atoms with Gasteiger partial charge in [0.25, 0.3) is 0 Å². The minimum absolute atomic E-state index is 0.270. The average molecular weight is 266 g/mol. The molecular weight excluding hydrogens is 251 g/mol. The molecule has 0 aliphatic heterocycles. The van der Waals surface area contributed by atoms with Crippen molar-refractivity contribution in [1.29, 1.82) is 0 Å². The Balaban J connectivity index is 2.13. The van der Waals surface area contributed by atoms with E-state index >= 15 is 0 Å². The number of benzene rings is 1. The Morgan fingerprint density at radius 2 is 2.28 bits per heavy atom. The summed E-state index contributed by atoms with van der Waals surface area (Å²) in [6.07, 6.45) is 0. The molecule has 0 aliphatic carbocycles. The first-order valence-electron chi connectivity index (χ1n) is 5.65. The first-order valence-corrected chi connectivity index (χ1v) is 6.53. The van der Waals surface area contributed by atoms with Gasteiger partial charge in [-0.05, 0) is 32.0 Å². The fourth-order valence-corrected chi connectivity index (χ4v) is 2.23. The van der Waals surface area contributed by atoms with Crippen LogP contribution in [0.25, 0.3) is 0 Å². The van der Waals surface area contributed by atoms with Crippen LogP contribution >= 0.6 is 11.3 Å². The molecule has 96 valence electrons. The van der Waals surface area contributed by atoms with Gasteiger partial charge in [0.05, 0.1) is 10.7 Å². The van der Waals surface area contributed by atoms with Crippen molar-refractivity contribution in [3.8, 4) is 5.75 Å². The third-order valence-electron chi connectivity index (χ3n) is 2.50. The second kappa shape index (κ2) is 5.46. The lowest BCUT2D eigenvalue weighted by molar-refractivity contribution is 0.297. The molecule has 1 atom stereocenters. The van der Waals surface area contributed by atoms with Gasteiger partial charge in [0.2, 0.25) is 0 Å². The van der Waals surface area contributed by atoms with Crippen molar-refractivity contribution in [3.63, 3.8) is 0 Å². The van der Waals surface area contributed by atoms with E-state index in [2.05, 4.69) is 4.98 Å². The van der Waals surface area contributed by atoms with Gasteiger partial charge >= 0.3 is 0 Å². The van der Waals surface area contributed by atoms with Crippen LogP contribution in [0.4, 0.5) is 4.39 Å². The monoisotopic (exact) mass is 266 g/mol. The van der Waals surface area contributed by atoms with Crippen molar-refractivity contribution in [1.82, 2.24) is 4.98 Å². The van der Waals surface area contributed by atoms with Crippen molar-refractivity contribution in [2.75, 3.05) is 0 Å². The summed E-state index contributed by atoms with van der Waals surface area (Å²) in [5, 5.41) is 2.95. The van der Waals surface area contributed by atoms with Crippen LogP contribution in [0.2, 0.25) is 0 Å². The van der Waals surface area contributed by atoms with Gasteiger partial charge in [0.1, 0.15) is 18.2 Å². The summed E-state index contributed by atoms with van der Waals surface area (Å²) in [5.74, 6) is 0.302. The lowest BCUT2D eigenvalue weighted by Gasteiger charge is -2.13. The summed E-state index contributed by atoms with van der Waals surface area (Å²) in [5.41, 5.74) is 7.34. The van der Waals surface area contributed by atoms with Crippen molar-refractivity contribution in [2.45, 2.75) is 26.5 Å². The molecular formula is C13H15FN2OS. The summed E-state index contributed by atoms with van der Waals surface area (Å²) < 4.78 is 18.8. The van der Waals surface area contributed by atoms with E-state index in [1.807, 2.05) is 12.3 Å². The summed E-state index contributed by atoms with van der Waals surface area (Å²) in [6, 6.07) is 4.11. The molecule has 0 fully saturated rings. The van der Waals surface area contributed by atoms with Gasteiger partial charge < -0.3 is 10.5 Å². The Hall–Kier alpha value is -1.46. The van der Waals surface area contributed by atoms with Crippen LogP contribution in [-0.4, -0.2) is 4.98 Å². The van der Waals surface area contributed by atoms with E-state index in [-0.39, 0.29) is 11.9 Å². The van der Waals surface area contributed by atoms with Crippen LogP contribution in [0.5, 0.6) is 5.75 Å². The molecule has 1 heterocycles. The molecule has 0 spiro atoms. The maximum Gasteiger partial charge on any atom is 0.131 e. The zero-order valence-corrected chi connectivity index (χ0v) is 11.1. The highest BCUT2D eigenvalue weighted by Gasteiger charge is 2.10. The van der Waals surface area contributed by atoms with Crippen LogP contribution in [0.3, 0.4) is 0 Å². The number of nitrogens with zero attached hydrogens (tertiary/aromatic N) is 1. The third-order valence-corrected chi connectivity index (χ3v) is 3.33. The zero-order valence-electron chi connectivity index (χ0n) is 10.3. The number of hydrogen-bond donors (Lipinski definition) is 1. The SMILES string of the molecule is Cc1nc(COc2ccc(F)cc2C(C)N)cs1. The zero-order chi connectivity index (χ0) is 13.1. The lowest BCUT2D eigenvalue weighted by atomic mass is 10.1. The minimum Gasteiger partial charge on any atom is -0.487 e. The highest BCUT2D eigenvalue weighted by Crippen LogP contribution is 2.25. The Labute approximate surface area is 109 Å². The number of hydrogen-bond acceptors (Lipinski definition) is 4. The molecule has 0 saturated carbocycles. The van der Waals surface area contributed by atoms with Gasteiger partial charge in [-0.15, -0.1) is 11.3 Å². The molecule has 18 heavy (non-hydrogen) atoms.